The van der Waals surface area contributed by atoms with Gasteiger partial charge < -0.3 is 10.5 Å². The molecule has 1 rings (SSSR count). The third kappa shape index (κ3) is 2.51. The summed E-state index contributed by atoms with van der Waals surface area (Å²) in [5.74, 6) is -0.233. The Balaban J connectivity index is 2.89. The average Bonchev–Trinajstić information content (AvgIpc) is 2.02. The van der Waals surface area contributed by atoms with Crippen LogP contribution in [0.3, 0.4) is 0 Å². The molecule has 0 atom stereocenters. The number of carbonyl (C=O) groups excluding carboxylic acids is 1. The number of aromatic nitrogens is 3. The fourth-order valence-electron chi connectivity index (χ4n) is 0.654. The molecule has 0 aliphatic rings. The largest absolute Gasteiger partial charge is 0.387 e. The maximum Gasteiger partial charge on any atom is 0.337 e. The lowest BCUT2D eigenvalue weighted by atomic mass is 10.6. The first-order chi connectivity index (χ1) is 6.11. The Morgan fingerprint density at radius 3 is 2.77 bits per heavy atom. The van der Waals surface area contributed by atoms with Crippen LogP contribution in [0.5, 0.6) is 6.01 Å². The van der Waals surface area contributed by atoms with Crippen LogP contribution in [-0.4, -0.2) is 20.9 Å². The molecule has 0 aromatic carbocycles. The monoisotopic (exact) mass is 180 g/mol. The first-order valence-corrected chi connectivity index (χ1v) is 3.44. The molecule has 0 amide bonds. The number of nitrogens with zero attached hydrogens (tertiary/aromatic N) is 3. The van der Waals surface area contributed by atoms with Gasteiger partial charge in [-0.25, -0.2) is 4.79 Å². The molecule has 6 heteroatoms. The summed E-state index contributed by atoms with van der Waals surface area (Å²) < 4.78 is 4.63. The predicted octanol–water partition coefficient (Wildman–Crippen LogP) is -0.146. The Morgan fingerprint density at radius 2 is 2.23 bits per heavy atom. The van der Waals surface area contributed by atoms with Gasteiger partial charge in [0.15, 0.2) is 0 Å². The van der Waals surface area contributed by atoms with Gasteiger partial charge in [-0.2, -0.15) is 15.0 Å². The van der Waals surface area contributed by atoms with Crippen LogP contribution in [0.25, 0.3) is 0 Å². The number of esters is 1. The molecule has 6 nitrogen and oxygen atoms in total. The summed E-state index contributed by atoms with van der Waals surface area (Å²) in [6.45, 7) is 4.84. The summed E-state index contributed by atoms with van der Waals surface area (Å²) in [5, 5.41) is 0. The van der Waals surface area contributed by atoms with Crippen LogP contribution in [0, 0.1) is 6.92 Å². The highest BCUT2D eigenvalue weighted by Crippen LogP contribution is 2.04. The minimum Gasteiger partial charge on any atom is -0.387 e. The van der Waals surface area contributed by atoms with E-state index in [-0.39, 0.29) is 12.0 Å². The van der Waals surface area contributed by atoms with E-state index in [0.717, 1.165) is 6.08 Å². The van der Waals surface area contributed by atoms with E-state index in [0.29, 0.717) is 5.82 Å². The lowest BCUT2D eigenvalue weighted by Gasteiger charge is -1.99. The van der Waals surface area contributed by atoms with Crippen molar-refractivity contribution in [3.05, 3.63) is 18.5 Å². The van der Waals surface area contributed by atoms with Crippen molar-refractivity contribution in [2.45, 2.75) is 6.92 Å². The third-order valence-corrected chi connectivity index (χ3v) is 1.10. The quantitative estimate of drug-likeness (QED) is 0.502. The highest BCUT2D eigenvalue weighted by molar-refractivity contribution is 5.82. The lowest BCUT2D eigenvalue weighted by molar-refractivity contribution is -0.129. The van der Waals surface area contributed by atoms with Gasteiger partial charge in [0, 0.05) is 6.08 Å². The van der Waals surface area contributed by atoms with Gasteiger partial charge >= 0.3 is 12.0 Å². The molecule has 0 saturated carbocycles. The molecule has 0 aliphatic carbocycles. The smallest absolute Gasteiger partial charge is 0.337 e. The van der Waals surface area contributed by atoms with Crippen molar-refractivity contribution in [1.29, 1.82) is 0 Å². The Morgan fingerprint density at radius 1 is 1.54 bits per heavy atom. The van der Waals surface area contributed by atoms with E-state index in [1.54, 1.807) is 6.92 Å². The van der Waals surface area contributed by atoms with Gasteiger partial charge in [-0.1, -0.05) is 6.58 Å². The van der Waals surface area contributed by atoms with Crippen molar-refractivity contribution in [2.24, 2.45) is 0 Å². The van der Waals surface area contributed by atoms with Crippen molar-refractivity contribution in [1.82, 2.24) is 15.0 Å². The van der Waals surface area contributed by atoms with Gasteiger partial charge in [0.2, 0.25) is 5.95 Å². The molecule has 1 aromatic rings. The van der Waals surface area contributed by atoms with Gasteiger partial charge in [-0.3, -0.25) is 0 Å². The van der Waals surface area contributed by atoms with Gasteiger partial charge in [0.1, 0.15) is 5.82 Å². The predicted molar refractivity (Wildman–Crippen MR) is 44.8 cm³/mol. The van der Waals surface area contributed by atoms with E-state index in [4.69, 9.17) is 5.73 Å². The van der Waals surface area contributed by atoms with Crippen LogP contribution in [0.4, 0.5) is 5.95 Å². The number of nitrogens with two attached hydrogens (primary N) is 1. The van der Waals surface area contributed by atoms with Crippen molar-refractivity contribution in [3.63, 3.8) is 0 Å². The fourth-order valence-corrected chi connectivity index (χ4v) is 0.654. The van der Waals surface area contributed by atoms with Crippen LogP contribution in [0.1, 0.15) is 5.82 Å². The van der Waals surface area contributed by atoms with Crippen LogP contribution in [0.15, 0.2) is 12.7 Å². The van der Waals surface area contributed by atoms with E-state index in [1.165, 1.54) is 0 Å². The summed E-state index contributed by atoms with van der Waals surface area (Å²) in [7, 11) is 0. The van der Waals surface area contributed by atoms with Gasteiger partial charge in [0.25, 0.3) is 0 Å². The molecule has 1 aromatic heterocycles. The number of aryl methyl sites for hydroxylation is 1. The molecule has 0 fully saturated rings. The second-order valence-corrected chi connectivity index (χ2v) is 2.15. The zero-order chi connectivity index (χ0) is 9.84. The van der Waals surface area contributed by atoms with E-state index in [1.807, 2.05) is 0 Å². The molecule has 0 unspecified atom stereocenters. The summed E-state index contributed by atoms with van der Waals surface area (Å²) >= 11 is 0. The Hall–Kier alpha value is -1.98. The van der Waals surface area contributed by atoms with Crippen LogP contribution in [0.2, 0.25) is 0 Å². The third-order valence-electron chi connectivity index (χ3n) is 1.10. The molecule has 0 bridgehead atoms. The zero-order valence-electron chi connectivity index (χ0n) is 7.02. The van der Waals surface area contributed by atoms with Gasteiger partial charge in [0.05, 0.1) is 0 Å². The molecular weight excluding hydrogens is 172 g/mol. The maximum atomic E-state index is 10.7. The summed E-state index contributed by atoms with van der Waals surface area (Å²) in [6.07, 6.45) is 1.01. The topological polar surface area (TPSA) is 91.0 Å². The second-order valence-electron chi connectivity index (χ2n) is 2.15. The van der Waals surface area contributed by atoms with E-state index < -0.39 is 5.97 Å². The number of anilines is 1. The Labute approximate surface area is 74.5 Å². The summed E-state index contributed by atoms with van der Waals surface area (Å²) in [4.78, 5) is 21.7. The molecule has 1 heterocycles. The van der Waals surface area contributed by atoms with Crippen LogP contribution < -0.4 is 10.5 Å². The molecule has 13 heavy (non-hydrogen) atoms. The normalized spacial score (nSPS) is 9.31. The van der Waals surface area contributed by atoms with E-state index >= 15 is 0 Å². The highest BCUT2D eigenvalue weighted by atomic mass is 16.5. The molecule has 0 radical (unpaired) electrons. The number of hydrogen-bond acceptors (Lipinski definition) is 6. The standard InChI is InChI=1S/C7H8N4O2/c1-3-5(12)13-7-10-4(2)9-6(8)11-7/h3H,1H2,2H3,(H2,8,9,10,11). The number of rotatable bonds is 2. The molecule has 0 aliphatic heterocycles. The molecular formula is C7H8N4O2. The average molecular weight is 180 g/mol. The first-order valence-electron chi connectivity index (χ1n) is 3.44. The number of ether oxygens (including phenoxy) is 1. The summed E-state index contributed by atoms with van der Waals surface area (Å²) in [5.41, 5.74) is 5.30. The minimum absolute atomic E-state index is 0.0133. The van der Waals surface area contributed by atoms with E-state index in [2.05, 4.69) is 26.3 Å². The molecule has 2 N–H and O–H groups in total. The van der Waals surface area contributed by atoms with Gasteiger partial charge in [-0.05, 0) is 6.92 Å². The zero-order valence-corrected chi connectivity index (χ0v) is 7.02. The SMILES string of the molecule is C=CC(=O)Oc1nc(C)nc(N)n1. The highest BCUT2D eigenvalue weighted by Gasteiger charge is 2.05. The molecule has 68 valence electrons. The van der Waals surface area contributed by atoms with Gasteiger partial charge in [-0.15, -0.1) is 0 Å². The maximum absolute atomic E-state index is 10.7. The molecule has 0 spiro atoms. The van der Waals surface area contributed by atoms with Crippen molar-refractivity contribution < 1.29 is 9.53 Å². The second kappa shape index (κ2) is 3.61. The fraction of sp³-hybridized carbons (Fsp3) is 0.143. The lowest BCUT2D eigenvalue weighted by Crippen LogP contribution is -2.09. The minimum atomic E-state index is -0.634. The summed E-state index contributed by atoms with van der Waals surface area (Å²) in [6, 6.07) is -0.116. The Kier molecular flexibility index (Phi) is 2.53. The van der Waals surface area contributed by atoms with Crippen molar-refractivity contribution in [3.8, 4) is 6.01 Å². The first kappa shape index (κ1) is 9.11. The number of nitrogen functional groups attached to an aromatic ring is 1. The number of hydrogen-bond donors (Lipinski definition) is 1. The van der Waals surface area contributed by atoms with Crippen molar-refractivity contribution in [2.75, 3.05) is 5.73 Å². The molecule has 0 saturated heterocycles. The van der Waals surface area contributed by atoms with Crippen molar-refractivity contribution >= 4 is 11.9 Å². The number of carbonyl (C=O) groups is 1. The Bertz CT molecular complexity index is 330. The van der Waals surface area contributed by atoms with E-state index in [9.17, 15) is 4.79 Å². The van der Waals surface area contributed by atoms with Crippen LogP contribution >= 0.6 is 0 Å². The van der Waals surface area contributed by atoms with Crippen LogP contribution in [-0.2, 0) is 4.79 Å².